The van der Waals surface area contributed by atoms with E-state index >= 15 is 0 Å². The van der Waals surface area contributed by atoms with Crippen molar-refractivity contribution in [2.45, 2.75) is 38.9 Å². The van der Waals surface area contributed by atoms with Gasteiger partial charge in [0.15, 0.2) is 0 Å². The molecule has 0 aromatic heterocycles. The molecule has 0 saturated heterocycles. The largest absolute Gasteiger partial charge is 0.390 e. The van der Waals surface area contributed by atoms with Gasteiger partial charge in [-0.25, -0.2) is 0 Å². The summed E-state index contributed by atoms with van der Waals surface area (Å²) in [5, 5.41) is 17.8. The molecule has 8 heavy (non-hydrogen) atoms. The quantitative estimate of drug-likeness (QED) is 0.567. The van der Waals surface area contributed by atoms with Gasteiger partial charge < -0.3 is 10.2 Å². The van der Waals surface area contributed by atoms with E-state index in [1.807, 2.05) is 13.8 Å². The first kappa shape index (κ1) is 7.92. The zero-order valence-electron chi connectivity index (χ0n) is 5.46. The third kappa shape index (κ3) is 2.28. The van der Waals surface area contributed by atoms with E-state index in [1.54, 1.807) is 0 Å². The number of hydrogen-bond donors (Lipinski definition) is 2. The van der Waals surface area contributed by atoms with Gasteiger partial charge in [0, 0.05) is 0 Å². The standard InChI is InChI=1S/C6H14O2/c1-3-5(7)6(8)4-2/h5-8H,3-4H2,1-2H3/t5-,6-/m1/s1. The summed E-state index contributed by atoms with van der Waals surface area (Å²) in [5.74, 6) is 0. The van der Waals surface area contributed by atoms with Crippen molar-refractivity contribution < 1.29 is 10.2 Å². The predicted molar refractivity (Wildman–Crippen MR) is 32.6 cm³/mol. The molecule has 0 amide bonds. The van der Waals surface area contributed by atoms with Crippen LogP contribution >= 0.6 is 0 Å². The molecule has 0 heterocycles. The first-order chi connectivity index (χ1) is 3.72. The molecule has 0 unspecified atom stereocenters. The van der Waals surface area contributed by atoms with E-state index in [0.717, 1.165) is 0 Å². The van der Waals surface area contributed by atoms with Crippen molar-refractivity contribution in [3.63, 3.8) is 0 Å². The molecule has 50 valence electrons. The van der Waals surface area contributed by atoms with E-state index in [9.17, 15) is 0 Å². The van der Waals surface area contributed by atoms with Crippen LogP contribution in [0.25, 0.3) is 0 Å². The van der Waals surface area contributed by atoms with Crippen molar-refractivity contribution in [2.75, 3.05) is 0 Å². The summed E-state index contributed by atoms with van der Waals surface area (Å²) in [7, 11) is 0. The molecular formula is C6H14O2. The second-order valence-corrected chi connectivity index (χ2v) is 1.95. The SMILES string of the molecule is CC[C@@H](O)[C@H](O)CC. The zero-order chi connectivity index (χ0) is 6.57. The summed E-state index contributed by atoms with van der Waals surface area (Å²) in [5.41, 5.74) is 0. The normalized spacial score (nSPS) is 18.0. The molecule has 0 aromatic carbocycles. The Hall–Kier alpha value is -0.0800. The summed E-state index contributed by atoms with van der Waals surface area (Å²) >= 11 is 0. The van der Waals surface area contributed by atoms with Crippen molar-refractivity contribution in [3.05, 3.63) is 0 Å². The molecule has 0 saturated carbocycles. The maximum Gasteiger partial charge on any atom is 0.0796 e. The number of aliphatic hydroxyl groups is 2. The van der Waals surface area contributed by atoms with Gasteiger partial charge in [0.25, 0.3) is 0 Å². The smallest absolute Gasteiger partial charge is 0.0796 e. The average Bonchev–Trinajstić information content (AvgIpc) is 1.84. The fourth-order valence-corrected chi connectivity index (χ4v) is 0.544. The van der Waals surface area contributed by atoms with Crippen LogP contribution in [0.2, 0.25) is 0 Å². The molecule has 0 fully saturated rings. The van der Waals surface area contributed by atoms with E-state index in [2.05, 4.69) is 0 Å². The van der Waals surface area contributed by atoms with E-state index in [-0.39, 0.29) is 0 Å². The Balaban J connectivity index is 3.29. The van der Waals surface area contributed by atoms with Crippen LogP contribution in [0.4, 0.5) is 0 Å². The third-order valence-corrected chi connectivity index (χ3v) is 1.28. The second kappa shape index (κ2) is 3.87. The minimum absolute atomic E-state index is 0.528. The first-order valence-electron chi connectivity index (χ1n) is 3.08. The van der Waals surface area contributed by atoms with Crippen LogP contribution in [-0.4, -0.2) is 22.4 Å². The van der Waals surface area contributed by atoms with Crippen LogP contribution in [0, 0.1) is 0 Å². The highest BCUT2D eigenvalue weighted by Crippen LogP contribution is 2.00. The van der Waals surface area contributed by atoms with Gasteiger partial charge in [-0.2, -0.15) is 0 Å². The predicted octanol–water partition coefficient (Wildman–Crippen LogP) is 0.528. The second-order valence-electron chi connectivity index (χ2n) is 1.95. The van der Waals surface area contributed by atoms with Gasteiger partial charge in [0.05, 0.1) is 12.2 Å². The lowest BCUT2D eigenvalue weighted by Crippen LogP contribution is -2.23. The van der Waals surface area contributed by atoms with Gasteiger partial charge in [0.1, 0.15) is 0 Å². The molecular weight excluding hydrogens is 104 g/mol. The molecule has 0 spiro atoms. The highest BCUT2D eigenvalue weighted by molar-refractivity contribution is 4.61. The highest BCUT2D eigenvalue weighted by Gasteiger charge is 2.09. The van der Waals surface area contributed by atoms with Crippen molar-refractivity contribution in [1.29, 1.82) is 0 Å². The van der Waals surface area contributed by atoms with Crippen LogP contribution in [0.5, 0.6) is 0 Å². The highest BCUT2D eigenvalue weighted by atomic mass is 16.3. The Morgan fingerprint density at radius 3 is 1.38 bits per heavy atom. The molecule has 2 heteroatoms. The molecule has 0 radical (unpaired) electrons. The molecule has 2 atom stereocenters. The fraction of sp³-hybridized carbons (Fsp3) is 1.00. The van der Waals surface area contributed by atoms with E-state index in [0.29, 0.717) is 12.8 Å². The van der Waals surface area contributed by atoms with Gasteiger partial charge in [-0.05, 0) is 12.8 Å². The Morgan fingerprint density at radius 2 is 1.25 bits per heavy atom. The number of rotatable bonds is 3. The monoisotopic (exact) mass is 118 g/mol. The Labute approximate surface area is 50.2 Å². The van der Waals surface area contributed by atoms with Crippen molar-refractivity contribution in [2.24, 2.45) is 0 Å². The number of aliphatic hydroxyl groups excluding tert-OH is 2. The lowest BCUT2D eigenvalue weighted by Gasteiger charge is -2.12. The maximum atomic E-state index is 8.88. The molecule has 2 N–H and O–H groups in total. The minimum atomic E-state index is -0.528. The van der Waals surface area contributed by atoms with E-state index in [1.165, 1.54) is 0 Å². The van der Waals surface area contributed by atoms with Crippen molar-refractivity contribution in [1.82, 2.24) is 0 Å². The lowest BCUT2D eigenvalue weighted by atomic mass is 10.1. The van der Waals surface area contributed by atoms with E-state index in [4.69, 9.17) is 10.2 Å². The molecule has 0 rings (SSSR count). The Kier molecular flexibility index (Phi) is 3.83. The van der Waals surface area contributed by atoms with Gasteiger partial charge in [-0.15, -0.1) is 0 Å². The first-order valence-corrected chi connectivity index (χ1v) is 3.08. The van der Waals surface area contributed by atoms with Crippen LogP contribution in [0.15, 0.2) is 0 Å². The van der Waals surface area contributed by atoms with Crippen LogP contribution in [0.1, 0.15) is 26.7 Å². The van der Waals surface area contributed by atoms with Gasteiger partial charge in [-0.1, -0.05) is 13.8 Å². The molecule has 0 aromatic rings. The maximum absolute atomic E-state index is 8.88. The topological polar surface area (TPSA) is 40.5 Å². The summed E-state index contributed by atoms with van der Waals surface area (Å²) in [4.78, 5) is 0. The number of hydrogen-bond acceptors (Lipinski definition) is 2. The van der Waals surface area contributed by atoms with E-state index < -0.39 is 12.2 Å². The van der Waals surface area contributed by atoms with Crippen LogP contribution in [0.3, 0.4) is 0 Å². The van der Waals surface area contributed by atoms with Crippen molar-refractivity contribution in [3.8, 4) is 0 Å². The average molecular weight is 118 g/mol. The Bertz CT molecular complexity index is 46.5. The van der Waals surface area contributed by atoms with Gasteiger partial charge >= 0.3 is 0 Å². The fourth-order valence-electron chi connectivity index (χ4n) is 0.544. The Morgan fingerprint density at radius 1 is 1.00 bits per heavy atom. The summed E-state index contributed by atoms with van der Waals surface area (Å²) < 4.78 is 0. The van der Waals surface area contributed by atoms with Crippen LogP contribution in [-0.2, 0) is 0 Å². The minimum Gasteiger partial charge on any atom is -0.390 e. The third-order valence-electron chi connectivity index (χ3n) is 1.28. The molecule has 2 nitrogen and oxygen atoms in total. The van der Waals surface area contributed by atoms with Crippen LogP contribution < -0.4 is 0 Å². The molecule has 0 bridgehead atoms. The molecule has 0 aliphatic carbocycles. The molecule has 0 aliphatic rings. The zero-order valence-corrected chi connectivity index (χ0v) is 5.46. The van der Waals surface area contributed by atoms with Gasteiger partial charge in [-0.3, -0.25) is 0 Å². The molecule has 0 aliphatic heterocycles. The lowest BCUT2D eigenvalue weighted by molar-refractivity contribution is 0.0157. The summed E-state index contributed by atoms with van der Waals surface area (Å²) in [6, 6.07) is 0. The summed E-state index contributed by atoms with van der Waals surface area (Å²) in [6.45, 7) is 3.70. The van der Waals surface area contributed by atoms with Gasteiger partial charge in [0.2, 0.25) is 0 Å². The van der Waals surface area contributed by atoms with Crippen molar-refractivity contribution >= 4 is 0 Å². The summed E-state index contributed by atoms with van der Waals surface area (Å²) in [6.07, 6.45) is 0.212.